The molecule has 1 aromatic heterocycles. The van der Waals surface area contributed by atoms with Gasteiger partial charge in [-0.3, -0.25) is 4.79 Å². The van der Waals surface area contributed by atoms with Crippen LogP contribution in [0.1, 0.15) is 10.4 Å². The standard InChI is InChI=1S/C20H19N3O2/c1-3-13-21-20(24)18-14-23(16-7-5-4-6-8-16)22-19(18)15-9-11-17(25-2)12-10-15/h3-12,14H,1,13H2,2H3,(H,21,24). The number of para-hydroxylation sites is 1. The lowest BCUT2D eigenvalue weighted by Gasteiger charge is -2.04. The SMILES string of the molecule is C=CCNC(=O)c1cn(-c2ccccc2)nc1-c1ccc(OC)cc1. The summed E-state index contributed by atoms with van der Waals surface area (Å²) < 4.78 is 6.91. The second kappa shape index (κ2) is 7.49. The molecule has 5 nitrogen and oxygen atoms in total. The van der Waals surface area contributed by atoms with Crippen LogP contribution in [0.3, 0.4) is 0 Å². The normalized spacial score (nSPS) is 10.3. The Balaban J connectivity index is 2.05. The number of hydrogen-bond acceptors (Lipinski definition) is 3. The molecule has 0 fully saturated rings. The third-order valence-corrected chi connectivity index (χ3v) is 3.75. The highest BCUT2D eigenvalue weighted by Crippen LogP contribution is 2.25. The van der Waals surface area contributed by atoms with Gasteiger partial charge in [0.25, 0.3) is 5.91 Å². The molecule has 1 amide bonds. The van der Waals surface area contributed by atoms with E-state index in [-0.39, 0.29) is 5.91 Å². The fourth-order valence-corrected chi connectivity index (χ4v) is 2.48. The van der Waals surface area contributed by atoms with Crippen LogP contribution in [0, 0.1) is 0 Å². The average Bonchev–Trinajstić information content (AvgIpc) is 3.12. The third kappa shape index (κ3) is 3.61. The van der Waals surface area contributed by atoms with Gasteiger partial charge in [0.2, 0.25) is 0 Å². The van der Waals surface area contributed by atoms with Gasteiger partial charge in [-0.15, -0.1) is 6.58 Å². The van der Waals surface area contributed by atoms with Crippen molar-refractivity contribution < 1.29 is 9.53 Å². The highest BCUT2D eigenvalue weighted by molar-refractivity contribution is 6.00. The summed E-state index contributed by atoms with van der Waals surface area (Å²) in [4.78, 5) is 12.5. The van der Waals surface area contributed by atoms with Crippen molar-refractivity contribution in [2.45, 2.75) is 0 Å². The first-order chi connectivity index (χ1) is 12.2. The molecule has 0 spiro atoms. The van der Waals surface area contributed by atoms with Gasteiger partial charge in [0.15, 0.2) is 0 Å². The zero-order chi connectivity index (χ0) is 17.6. The van der Waals surface area contributed by atoms with E-state index in [1.165, 1.54) is 0 Å². The monoisotopic (exact) mass is 333 g/mol. The highest BCUT2D eigenvalue weighted by atomic mass is 16.5. The van der Waals surface area contributed by atoms with Crippen LogP contribution < -0.4 is 10.1 Å². The van der Waals surface area contributed by atoms with Crippen LogP contribution in [-0.4, -0.2) is 29.3 Å². The van der Waals surface area contributed by atoms with Gasteiger partial charge in [0.1, 0.15) is 11.4 Å². The fourth-order valence-electron chi connectivity index (χ4n) is 2.48. The van der Waals surface area contributed by atoms with Crippen LogP contribution in [0.5, 0.6) is 5.75 Å². The Labute approximate surface area is 146 Å². The Bertz CT molecular complexity index is 868. The van der Waals surface area contributed by atoms with Gasteiger partial charge in [0.05, 0.1) is 18.4 Å². The number of carbonyl (C=O) groups is 1. The summed E-state index contributed by atoms with van der Waals surface area (Å²) in [5.41, 5.74) is 2.86. The van der Waals surface area contributed by atoms with Crippen LogP contribution >= 0.6 is 0 Å². The summed E-state index contributed by atoms with van der Waals surface area (Å²) in [5, 5.41) is 7.44. The van der Waals surface area contributed by atoms with E-state index in [1.807, 2.05) is 54.6 Å². The summed E-state index contributed by atoms with van der Waals surface area (Å²) >= 11 is 0. The molecule has 25 heavy (non-hydrogen) atoms. The van der Waals surface area contributed by atoms with Crippen molar-refractivity contribution in [2.75, 3.05) is 13.7 Å². The number of methoxy groups -OCH3 is 1. The van der Waals surface area contributed by atoms with Gasteiger partial charge in [0, 0.05) is 18.3 Å². The molecule has 0 unspecified atom stereocenters. The van der Waals surface area contributed by atoms with Crippen molar-refractivity contribution in [3.8, 4) is 22.7 Å². The molecule has 126 valence electrons. The Hall–Kier alpha value is -3.34. The minimum atomic E-state index is -0.187. The molecule has 3 rings (SSSR count). The highest BCUT2D eigenvalue weighted by Gasteiger charge is 2.18. The Morgan fingerprint density at radius 2 is 1.92 bits per heavy atom. The predicted octanol–water partition coefficient (Wildman–Crippen LogP) is 3.46. The molecule has 0 aliphatic heterocycles. The van der Waals surface area contributed by atoms with E-state index in [4.69, 9.17) is 4.74 Å². The molecule has 3 aromatic rings. The molecular weight excluding hydrogens is 314 g/mol. The predicted molar refractivity (Wildman–Crippen MR) is 98.1 cm³/mol. The number of carbonyl (C=O) groups excluding carboxylic acids is 1. The lowest BCUT2D eigenvalue weighted by Crippen LogP contribution is -2.23. The largest absolute Gasteiger partial charge is 0.497 e. The van der Waals surface area contributed by atoms with Crippen molar-refractivity contribution in [2.24, 2.45) is 0 Å². The minimum absolute atomic E-state index is 0.187. The molecule has 0 aliphatic rings. The van der Waals surface area contributed by atoms with Gasteiger partial charge in [-0.1, -0.05) is 24.3 Å². The smallest absolute Gasteiger partial charge is 0.255 e. The first-order valence-electron chi connectivity index (χ1n) is 7.91. The third-order valence-electron chi connectivity index (χ3n) is 3.75. The number of ether oxygens (including phenoxy) is 1. The van der Waals surface area contributed by atoms with E-state index in [2.05, 4.69) is 17.0 Å². The summed E-state index contributed by atoms with van der Waals surface area (Å²) in [6, 6.07) is 17.2. The summed E-state index contributed by atoms with van der Waals surface area (Å²) in [6.07, 6.45) is 3.39. The molecule has 5 heteroatoms. The first-order valence-corrected chi connectivity index (χ1v) is 7.91. The van der Waals surface area contributed by atoms with E-state index >= 15 is 0 Å². The van der Waals surface area contributed by atoms with E-state index < -0.39 is 0 Å². The second-order valence-corrected chi connectivity index (χ2v) is 5.40. The van der Waals surface area contributed by atoms with Gasteiger partial charge in [-0.2, -0.15) is 5.10 Å². The second-order valence-electron chi connectivity index (χ2n) is 5.40. The molecular formula is C20H19N3O2. The number of benzene rings is 2. The minimum Gasteiger partial charge on any atom is -0.497 e. The van der Waals surface area contributed by atoms with Crippen molar-refractivity contribution in [1.82, 2.24) is 15.1 Å². The lowest BCUT2D eigenvalue weighted by molar-refractivity contribution is 0.0958. The Morgan fingerprint density at radius 3 is 2.56 bits per heavy atom. The van der Waals surface area contributed by atoms with Gasteiger partial charge >= 0.3 is 0 Å². The molecule has 2 aromatic carbocycles. The Kier molecular flexibility index (Phi) is 4.95. The van der Waals surface area contributed by atoms with Crippen LogP contribution in [-0.2, 0) is 0 Å². The number of hydrogen-bond donors (Lipinski definition) is 1. The Morgan fingerprint density at radius 1 is 1.20 bits per heavy atom. The number of nitrogens with zero attached hydrogens (tertiary/aromatic N) is 2. The maximum absolute atomic E-state index is 12.5. The lowest BCUT2D eigenvalue weighted by atomic mass is 10.1. The van der Waals surface area contributed by atoms with Crippen molar-refractivity contribution >= 4 is 5.91 Å². The molecule has 0 saturated heterocycles. The quantitative estimate of drug-likeness (QED) is 0.703. The van der Waals surface area contributed by atoms with Gasteiger partial charge < -0.3 is 10.1 Å². The molecule has 0 aliphatic carbocycles. The van der Waals surface area contributed by atoms with Gasteiger partial charge in [-0.25, -0.2) is 4.68 Å². The van der Waals surface area contributed by atoms with Crippen molar-refractivity contribution in [3.05, 3.63) is 79.0 Å². The zero-order valence-corrected chi connectivity index (χ0v) is 14.0. The van der Waals surface area contributed by atoms with Gasteiger partial charge in [-0.05, 0) is 36.4 Å². The average molecular weight is 333 g/mol. The van der Waals surface area contributed by atoms with E-state index in [1.54, 1.807) is 24.1 Å². The maximum atomic E-state index is 12.5. The van der Waals surface area contributed by atoms with E-state index in [0.29, 0.717) is 17.8 Å². The first kappa shape index (κ1) is 16.5. The molecule has 0 bridgehead atoms. The molecule has 0 atom stereocenters. The molecule has 0 saturated carbocycles. The van der Waals surface area contributed by atoms with E-state index in [0.717, 1.165) is 17.0 Å². The number of amides is 1. The molecule has 0 radical (unpaired) electrons. The molecule has 1 heterocycles. The summed E-state index contributed by atoms with van der Waals surface area (Å²) in [6.45, 7) is 4.03. The van der Waals surface area contributed by atoms with Crippen molar-refractivity contribution in [1.29, 1.82) is 0 Å². The number of nitrogens with one attached hydrogen (secondary N) is 1. The van der Waals surface area contributed by atoms with Crippen LogP contribution in [0.4, 0.5) is 0 Å². The molecule has 1 N–H and O–H groups in total. The van der Waals surface area contributed by atoms with Crippen molar-refractivity contribution in [3.63, 3.8) is 0 Å². The summed E-state index contributed by atoms with van der Waals surface area (Å²) in [5.74, 6) is 0.566. The maximum Gasteiger partial charge on any atom is 0.255 e. The number of rotatable bonds is 6. The van der Waals surface area contributed by atoms with Crippen LogP contribution in [0.15, 0.2) is 73.4 Å². The zero-order valence-electron chi connectivity index (χ0n) is 14.0. The summed E-state index contributed by atoms with van der Waals surface area (Å²) in [7, 11) is 1.62. The number of aromatic nitrogens is 2. The fraction of sp³-hybridized carbons (Fsp3) is 0.100. The topological polar surface area (TPSA) is 56.2 Å². The van der Waals surface area contributed by atoms with Crippen LogP contribution in [0.2, 0.25) is 0 Å². The van der Waals surface area contributed by atoms with E-state index in [9.17, 15) is 4.79 Å². The van der Waals surface area contributed by atoms with Crippen LogP contribution in [0.25, 0.3) is 16.9 Å².